The summed E-state index contributed by atoms with van der Waals surface area (Å²) < 4.78 is 0. The quantitative estimate of drug-likeness (QED) is 0.146. The van der Waals surface area contributed by atoms with E-state index in [9.17, 15) is 0 Å². The number of hydrogen-bond acceptors (Lipinski definition) is 0. The van der Waals surface area contributed by atoms with Gasteiger partial charge in [-0.2, -0.15) is 12.1 Å². The summed E-state index contributed by atoms with van der Waals surface area (Å²) in [6.45, 7) is 0. The number of rotatable bonds is 6. The van der Waals surface area contributed by atoms with E-state index in [0.29, 0.717) is 0 Å². The SMILES string of the molecule is [Fe].[c-]1[c-][c-][c-](P(c2ccccc2)c2ccccc2)[c-]1.c1ccc(P(c2ccccc2)[c-]2cccc2)cc1. The first-order chi connectivity index (χ1) is 17.9. The van der Waals surface area contributed by atoms with Crippen LogP contribution in [0.5, 0.6) is 0 Å². The maximum absolute atomic E-state index is 3.13. The summed E-state index contributed by atoms with van der Waals surface area (Å²) in [6.07, 6.45) is 0. The molecule has 0 nitrogen and oxygen atoms in total. The van der Waals surface area contributed by atoms with Crippen molar-refractivity contribution in [3.63, 3.8) is 0 Å². The standard InChI is InChI=1S/C17H14P.C17H10P.Fe/c2*1-3-9-15(10-4-1)18(17-13-7-8-14-17)16-11-5-2-6-12-16;/h1-14H;1-6,9-12H;/q-1;-5;. The molecule has 0 saturated heterocycles. The van der Waals surface area contributed by atoms with Crippen LogP contribution in [0.2, 0.25) is 0 Å². The Hall–Kier alpha value is -3.04. The molecule has 0 saturated carbocycles. The van der Waals surface area contributed by atoms with Gasteiger partial charge in [-0.05, 0) is 10.6 Å². The van der Waals surface area contributed by atoms with Crippen LogP contribution in [-0.2, 0) is 17.1 Å². The zero-order valence-corrected chi connectivity index (χ0v) is 23.0. The molecule has 0 N–H and O–H groups in total. The van der Waals surface area contributed by atoms with Crippen molar-refractivity contribution in [3.8, 4) is 0 Å². The van der Waals surface area contributed by atoms with E-state index in [1.54, 1.807) is 0 Å². The fourth-order valence-corrected chi connectivity index (χ4v) is 8.40. The average Bonchev–Trinajstić information content (AvgIpc) is 3.68. The van der Waals surface area contributed by atoms with Crippen molar-refractivity contribution in [3.05, 3.63) is 170 Å². The van der Waals surface area contributed by atoms with Gasteiger partial charge < -0.3 is 29.6 Å². The minimum atomic E-state index is -0.583. The smallest absolute Gasteiger partial charge is 0 e. The van der Waals surface area contributed by atoms with E-state index < -0.39 is 15.8 Å². The van der Waals surface area contributed by atoms with E-state index in [0.717, 1.165) is 5.30 Å². The van der Waals surface area contributed by atoms with Gasteiger partial charge >= 0.3 is 0 Å². The summed E-state index contributed by atoms with van der Waals surface area (Å²) in [7, 11) is -0.992. The van der Waals surface area contributed by atoms with Crippen molar-refractivity contribution in [2.75, 3.05) is 0 Å². The summed E-state index contributed by atoms with van der Waals surface area (Å²) in [5.41, 5.74) is 0. The van der Waals surface area contributed by atoms with Crippen LogP contribution in [0.3, 0.4) is 0 Å². The van der Waals surface area contributed by atoms with Gasteiger partial charge in [-0.15, -0.1) is 5.30 Å². The van der Waals surface area contributed by atoms with Crippen LogP contribution < -0.4 is 31.8 Å². The van der Waals surface area contributed by atoms with Crippen LogP contribution in [-0.4, -0.2) is 0 Å². The van der Waals surface area contributed by atoms with Gasteiger partial charge in [0.05, 0.1) is 0 Å². The molecule has 0 heterocycles. The Morgan fingerprint density at radius 3 is 1.08 bits per heavy atom. The topological polar surface area (TPSA) is 0 Å². The molecule has 184 valence electrons. The first-order valence-electron chi connectivity index (χ1n) is 11.8. The van der Waals surface area contributed by atoms with Crippen molar-refractivity contribution >= 4 is 47.7 Å². The molecule has 0 atom stereocenters. The summed E-state index contributed by atoms with van der Waals surface area (Å²) in [6, 6.07) is 63.2. The zero-order valence-electron chi connectivity index (χ0n) is 20.1. The Balaban J connectivity index is 0.000000168. The molecule has 0 unspecified atom stereocenters. The second kappa shape index (κ2) is 14.0. The minimum absolute atomic E-state index is 0. The molecule has 0 aliphatic rings. The Kier molecular flexibility index (Phi) is 10.3. The number of hydrogen-bond donors (Lipinski definition) is 0. The van der Waals surface area contributed by atoms with Crippen LogP contribution >= 0.6 is 15.8 Å². The van der Waals surface area contributed by atoms with Gasteiger partial charge in [0.2, 0.25) is 0 Å². The summed E-state index contributed by atoms with van der Waals surface area (Å²) >= 11 is 0. The van der Waals surface area contributed by atoms with Crippen LogP contribution in [0.15, 0.2) is 146 Å². The zero-order chi connectivity index (χ0) is 24.4. The van der Waals surface area contributed by atoms with Crippen molar-refractivity contribution in [2.45, 2.75) is 0 Å². The van der Waals surface area contributed by atoms with Gasteiger partial charge in [-0.25, -0.2) is 20.1 Å². The van der Waals surface area contributed by atoms with Crippen molar-refractivity contribution in [1.29, 1.82) is 0 Å². The third-order valence-corrected chi connectivity index (χ3v) is 10.4. The van der Waals surface area contributed by atoms with E-state index in [1.807, 2.05) is 12.1 Å². The summed E-state index contributed by atoms with van der Waals surface area (Å²) in [4.78, 5) is 0. The maximum Gasteiger partial charge on any atom is 0 e. The van der Waals surface area contributed by atoms with Crippen LogP contribution in [0.1, 0.15) is 0 Å². The molecule has 0 amide bonds. The predicted octanol–water partition coefficient (Wildman–Crippen LogP) is 5.53. The molecule has 0 radical (unpaired) electrons. The molecule has 0 aliphatic carbocycles. The van der Waals surface area contributed by atoms with Gasteiger partial charge in [-0.1, -0.05) is 140 Å². The van der Waals surface area contributed by atoms with Crippen LogP contribution in [0.25, 0.3) is 0 Å². The van der Waals surface area contributed by atoms with Crippen molar-refractivity contribution < 1.29 is 17.1 Å². The normalized spacial score (nSPS) is 10.4. The molecule has 0 aliphatic heterocycles. The Morgan fingerprint density at radius 1 is 0.405 bits per heavy atom. The van der Waals surface area contributed by atoms with Gasteiger partial charge in [0.15, 0.2) is 0 Å². The Bertz CT molecular complexity index is 1210. The average molecular weight is 550 g/mol. The third-order valence-electron chi connectivity index (χ3n) is 5.61. The van der Waals surface area contributed by atoms with Crippen LogP contribution in [0, 0.1) is 24.3 Å². The predicted molar refractivity (Wildman–Crippen MR) is 157 cm³/mol. The Labute approximate surface area is 233 Å². The fraction of sp³-hybridized carbons (Fsp3) is 0. The maximum atomic E-state index is 3.13. The molecule has 6 rings (SSSR count). The molecule has 6 aromatic rings. The van der Waals surface area contributed by atoms with Gasteiger partial charge in [0.25, 0.3) is 0 Å². The molecule has 0 fully saturated rings. The molecule has 37 heavy (non-hydrogen) atoms. The van der Waals surface area contributed by atoms with Crippen LogP contribution in [0.4, 0.5) is 0 Å². The first kappa shape index (κ1) is 27.0. The molecule has 6 aromatic carbocycles. The monoisotopic (exact) mass is 550 g/mol. The van der Waals surface area contributed by atoms with Gasteiger partial charge in [-0.3, -0.25) is 0 Å². The van der Waals surface area contributed by atoms with E-state index >= 15 is 0 Å². The third kappa shape index (κ3) is 7.05. The minimum Gasteiger partial charge on any atom is -0.998 e. The second-order valence-corrected chi connectivity index (χ2v) is 12.4. The molecule has 0 bridgehead atoms. The van der Waals surface area contributed by atoms with E-state index in [4.69, 9.17) is 0 Å². The second-order valence-electron chi connectivity index (χ2n) is 8.00. The first-order valence-corrected chi connectivity index (χ1v) is 14.5. The van der Waals surface area contributed by atoms with Crippen molar-refractivity contribution in [1.82, 2.24) is 0 Å². The molecule has 3 heteroatoms. The molecular formula is C34H24FeP2-6. The summed E-state index contributed by atoms with van der Waals surface area (Å²) in [5, 5.41) is 7.90. The summed E-state index contributed by atoms with van der Waals surface area (Å²) in [5.74, 6) is 0. The van der Waals surface area contributed by atoms with Gasteiger partial charge in [0.1, 0.15) is 0 Å². The molecule has 0 aromatic heterocycles. The van der Waals surface area contributed by atoms with E-state index in [2.05, 4.69) is 158 Å². The molecular weight excluding hydrogens is 526 g/mol. The molecule has 0 spiro atoms. The van der Waals surface area contributed by atoms with E-state index in [1.165, 1.54) is 26.5 Å². The van der Waals surface area contributed by atoms with E-state index in [-0.39, 0.29) is 17.1 Å². The van der Waals surface area contributed by atoms with Gasteiger partial charge in [0, 0.05) is 17.1 Å². The largest absolute Gasteiger partial charge is 0.998 e. The fourth-order valence-electron chi connectivity index (χ4n) is 4.00. The van der Waals surface area contributed by atoms with Crippen molar-refractivity contribution in [2.24, 2.45) is 0 Å². The number of benzene rings is 4. The Morgan fingerprint density at radius 2 is 0.730 bits per heavy atom.